The van der Waals surface area contributed by atoms with Crippen molar-refractivity contribution >= 4 is 17.1 Å². The summed E-state index contributed by atoms with van der Waals surface area (Å²) < 4.78 is 27.0. The molecule has 0 unspecified atom stereocenters. The number of hydrogen-bond donors (Lipinski definition) is 2. The van der Waals surface area contributed by atoms with Crippen LogP contribution in [0.2, 0.25) is 0 Å². The minimum Gasteiger partial charge on any atom is -0.387 e. The summed E-state index contributed by atoms with van der Waals surface area (Å²) in [6.07, 6.45) is 3.18. The second kappa shape index (κ2) is 5.00. The van der Waals surface area contributed by atoms with Gasteiger partial charge in [-0.25, -0.2) is 8.78 Å². The normalized spacial score (nSPS) is 10.2. The molecule has 0 saturated carbocycles. The van der Waals surface area contributed by atoms with E-state index in [-0.39, 0.29) is 11.3 Å². The summed E-state index contributed by atoms with van der Waals surface area (Å²) >= 11 is 0. The first kappa shape index (κ1) is 12.3. The monoisotopic (exact) mass is 249 g/mol. The highest BCUT2D eigenvalue weighted by molar-refractivity contribution is 5.63. The third kappa shape index (κ3) is 2.56. The maximum atomic E-state index is 13.6. The van der Waals surface area contributed by atoms with Crippen molar-refractivity contribution in [2.75, 3.05) is 17.7 Å². The molecule has 0 saturated heterocycles. The molecule has 0 radical (unpaired) electrons. The van der Waals surface area contributed by atoms with E-state index in [2.05, 4.69) is 15.6 Å². The van der Waals surface area contributed by atoms with Crippen LogP contribution in [-0.2, 0) is 0 Å². The van der Waals surface area contributed by atoms with E-state index in [0.29, 0.717) is 5.69 Å². The van der Waals surface area contributed by atoms with Crippen molar-refractivity contribution in [3.63, 3.8) is 0 Å². The lowest BCUT2D eigenvalue weighted by atomic mass is 10.2. The second-order valence-corrected chi connectivity index (χ2v) is 3.92. The Morgan fingerprint density at radius 1 is 1.00 bits per heavy atom. The quantitative estimate of drug-likeness (QED) is 0.874. The molecule has 1 heterocycles. The van der Waals surface area contributed by atoms with Gasteiger partial charge >= 0.3 is 0 Å². The minimum absolute atomic E-state index is 0.0909. The molecule has 0 bridgehead atoms. The van der Waals surface area contributed by atoms with Gasteiger partial charge in [0.05, 0.1) is 29.5 Å². The largest absolute Gasteiger partial charge is 0.387 e. The van der Waals surface area contributed by atoms with E-state index in [4.69, 9.17) is 0 Å². The van der Waals surface area contributed by atoms with Crippen LogP contribution < -0.4 is 10.6 Å². The van der Waals surface area contributed by atoms with E-state index in [1.807, 2.05) is 0 Å². The number of halogens is 2. The van der Waals surface area contributed by atoms with E-state index in [9.17, 15) is 8.78 Å². The zero-order valence-corrected chi connectivity index (χ0v) is 10.1. The zero-order chi connectivity index (χ0) is 13.1. The average Bonchev–Trinajstić information content (AvgIpc) is 2.36. The molecule has 3 nitrogen and oxygen atoms in total. The van der Waals surface area contributed by atoms with Gasteiger partial charge in [0.2, 0.25) is 0 Å². The SMILES string of the molecule is CNc1cncc(Nc2cc(F)c(C)cc2F)c1. The van der Waals surface area contributed by atoms with Crippen molar-refractivity contribution in [2.45, 2.75) is 6.92 Å². The van der Waals surface area contributed by atoms with Gasteiger partial charge in [-0.15, -0.1) is 0 Å². The smallest absolute Gasteiger partial charge is 0.147 e. The number of rotatable bonds is 3. The first-order valence-electron chi connectivity index (χ1n) is 5.45. The molecule has 0 aliphatic rings. The summed E-state index contributed by atoms with van der Waals surface area (Å²) in [7, 11) is 1.76. The fourth-order valence-electron chi connectivity index (χ4n) is 1.54. The van der Waals surface area contributed by atoms with Gasteiger partial charge < -0.3 is 10.6 Å². The number of nitrogens with one attached hydrogen (secondary N) is 2. The summed E-state index contributed by atoms with van der Waals surface area (Å²) in [5.41, 5.74) is 1.74. The number of aryl methyl sites for hydroxylation is 1. The fourth-order valence-corrected chi connectivity index (χ4v) is 1.54. The van der Waals surface area contributed by atoms with Crippen LogP contribution in [0.3, 0.4) is 0 Å². The van der Waals surface area contributed by atoms with Crippen molar-refractivity contribution in [2.24, 2.45) is 0 Å². The Labute approximate surface area is 104 Å². The molecule has 5 heteroatoms. The molecular formula is C13H13F2N3. The molecule has 0 aliphatic heterocycles. The molecule has 2 rings (SSSR count). The molecule has 18 heavy (non-hydrogen) atoms. The van der Waals surface area contributed by atoms with Crippen LogP contribution in [-0.4, -0.2) is 12.0 Å². The molecule has 1 aromatic heterocycles. The number of benzene rings is 1. The van der Waals surface area contributed by atoms with E-state index >= 15 is 0 Å². The lowest BCUT2D eigenvalue weighted by Crippen LogP contribution is -1.98. The number of pyridine rings is 1. The zero-order valence-electron chi connectivity index (χ0n) is 10.1. The van der Waals surface area contributed by atoms with E-state index < -0.39 is 11.6 Å². The Balaban J connectivity index is 2.30. The van der Waals surface area contributed by atoms with Gasteiger partial charge in [0.15, 0.2) is 0 Å². The van der Waals surface area contributed by atoms with Crippen LogP contribution in [0.25, 0.3) is 0 Å². The van der Waals surface area contributed by atoms with Gasteiger partial charge in [-0.1, -0.05) is 0 Å². The van der Waals surface area contributed by atoms with Crippen LogP contribution in [0.1, 0.15) is 5.56 Å². The van der Waals surface area contributed by atoms with Gasteiger partial charge in [0.25, 0.3) is 0 Å². The maximum Gasteiger partial charge on any atom is 0.147 e. The molecule has 94 valence electrons. The second-order valence-electron chi connectivity index (χ2n) is 3.92. The van der Waals surface area contributed by atoms with Gasteiger partial charge in [0, 0.05) is 13.1 Å². The molecule has 0 amide bonds. The number of aromatic nitrogens is 1. The molecule has 0 aliphatic carbocycles. The molecule has 2 aromatic rings. The maximum absolute atomic E-state index is 13.6. The van der Waals surface area contributed by atoms with E-state index in [0.717, 1.165) is 17.8 Å². The summed E-state index contributed by atoms with van der Waals surface area (Å²) in [4.78, 5) is 3.98. The van der Waals surface area contributed by atoms with Crippen molar-refractivity contribution in [1.82, 2.24) is 4.98 Å². The van der Waals surface area contributed by atoms with E-state index in [1.54, 1.807) is 19.3 Å². The summed E-state index contributed by atoms with van der Waals surface area (Å²) in [5.74, 6) is -0.944. The Hall–Kier alpha value is -2.17. The van der Waals surface area contributed by atoms with Gasteiger partial charge in [0.1, 0.15) is 11.6 Å². The summed E-state index contributed by atoms with van der Waals surface area (Å²) in [6.45, 7) is 1.52. The Morgan fingerprint density at radius 3 is 2.44 bits per heavy atom. The van der Waals surface area contributed by atoms with Gasteiger partial charge in [-0.05, 0) is 24.6 Å². The summed E-state index contributed by atoms with van der Waals surface area (Å²) in [5, 5.41) is 5.72. The third-order valence-corrected chi connectivity index (χ3v) is 2.55. The van der Waals surface area contributed by atoms with Gasteiger partial charge in [-0.2, -0.15) is 0 Å². The van der Waals surface area contributed by atoms with Gasteiger partial charge in [-0.3, -0.25) is 4.98 Å². The standard InChI is InChI=1S/C13H13F2N3/c1-8-3-12(15)13(5-11(8)14)18-10-4-9(16-2)6-17-7-10/h3-7,16,18H,1-2H3. The number of hydrogen-bond acceptors (Lipinski definition) is 3. The van der Waals surface area contributed by atoms with Crippen LogP contribution in [0, 0.1) is 18.6 Å². The van der Waals surface area contributed by atoms with Crippen molar-refractivity contribution in [1.29, 1.82) is 0 Å². The molecule has 0 fully saturated rings. The molecule has 1 aromatic carbocycles. The number of anilines is 3. The first-order chi connectivity index (χ1) is 8.60. The van der Waals surface area contributed by atoms with E-state index in [1.165, 1.54) is 13.1 Å². The van der Waals surface area contributed by atoms with Crippen molar-refractivity contribution in [3.05, 3.63) is 47.8 Å². The predicted octanol–water partition coefficient (Wildman–Crippen LogP) is 3.45. The Kier molecular flexibility index (Phi) is 3.41. The van der Waals surface area contributed by atoms with Crippen LogP contribution in [0.15, 0.2) is 30.6 Å². The van der Waals surface area contributed by atoms with Crippen molar-refractivity contribution in [3.8, 4) is 0 Å². The highest BCUT2D eigenvalue weighted by Crippen LogP contribution is 2.23. The average molecular weight is 249 g/mol. The molecule has 0 spiro atoms. The summed E-state index contributed by atoms with van der Waals surface area (Å²) in [6, 6.07) is 4.05. The minimum atomic E-state index is -0.497. The first-order valence-corrected chi connectivity index (χ1v) is 5.45. The van der Waals surface area contributed by atoms with Crippen LogP contribution in [0.5, 0.6) is 0 Å². The highest BCUT2D eigenvalue weighted by atomic mass is 19.1. The lowest BCUT2D eigenvalue weighted by Gasteiger charge is -2.09. The topological polar surface area (TPSA) is 37.0 Å². The highest BCUT2D eigenvalue weighted by Gasteiger charge is 2.07. The molecule has 2 N–H and O–H groups in total. The predicted molar refractivity (Wildman–Crippen MR) is 68.2 cm³/mol. The van der Waals surface area contributed by atoms with Crippen molar-refractivity contribution < 1.29 is 8.78 Å². The Bertz CT molecular complexity index is 570. The molecular weight excluding hydrogens is 236 g/mol. The van der Waals surface area contributed by atoms with Crippen LogP contribution >= 0.6 is 0 Å². The van der Waals surface area contributed by atoms with Crippen LogP contribution in [0.4, 0.5) is 25.8 Å². The third-order valence-electron chi connectivity index (χ3n) is 2.55. The fraction of sp³-hybridized carbons (Fsp3) is 0.154. The Morgan fingerprint density at radius 2 is 1.72 bits per heavy atom. The number of nitrogens with zero attached hydrogens (tertiary/aromatic N) is 1. The lowest BCUT2D eigenvalue weighted by molar-refractivity contribution is 0.595. The molecule has 0 atom stereocenters.